The second kappa shape index (κ2) is 6.71. The Kier molecular flexibility index (Phi) is 5.33. The van der Waals surface area contributed by atoms with Crippen LogP contribution in [0.4, 0.5) is 0 Å². The normalized spacial score (nSPS) is 12.4. The van der Waals surface area contributed by atoms with Gasteiger partial charge in [-0.25, -0.2) is 0 Å². The lowest BCUT2D eigenvalue weighted by molar-refractivity contribution is 0.246. The lowest BCUT2D eigenvalue weighted by Crippen LogP contribution is -2.26. The number of rotatable bonds is 5. The Morgan fingerprint density at radius 2 is 1.59 bits per heavy atom. The maximum absolute atomic E-state index is 12.2. The molecular formula is C16H16BrClO3S. The second-order valence-electron chi connectivity index (χ2n) is 5.56. The molecule has 2 aromatic rings. The smallest absolute Gasteiger partial charge is 0.265 e. The van der Waals surface area contributed by atoms with Crippen molar-refractivity contribution in [2.45, 2.75) is 24.2 Å². The predicted molar refractivity (Wildman–Crippen MR) is 91.8 cm³/mol. The minimum absolute atomic E-state index is 0.0486. The van der Waals surface area contributed by atoms with E-state index >= 15 is 0 Å². The van der Waals surface area contributed by atoms with Crippen LogP contribution in [0.5, 0.6) is 0 Å². The summed E-state index contributed by atoms with van der Waals surface area (Å²) in [7, 11) is -3.77. The molecule has 0 radical (unpaired) electrons. The third-order valence-corrected chi connectivity index (χ3v) is 5.36. The molecule has 6 heteroatoms. The SMILES string of the molecule is CC(C)(COS(=O)(=O)c1ccc(Br)cc1)c1ccc(Cl)cc1. The standard InChI is InChI=1S/C16H16BrClO3S/c1-16(2,12-3-7-14(18)8-4-12)11-21-22(19,20)15-9-5-13(17)6-10-15/h3-10H,11H2,1-2H3. The van der Waals surface area contributed by atoms with Crippen molar-refractivity contribution in [1.82, 2.24) is 0 Å². The van der Waals surface area contributed by atoms with Gasteiger partial charge in [-0.1, -0.05) is 53.5 Å². The second-order valence-corrected chi connectivity index (χ2v) is 8.53. The Labute approximate surface area is 144 Å². The van der Waals surface area contributed by atoms with Crippen molar-refractivity contribution >= 4 is 37.6 Å². The van der Waals surface area contributed by atoms with Crippen LogP contribution >= 0.6 is 27.5 Å². The molecule has 0 N–H and O–H groups in total. The van der Waals surface area contributed by atoms with Gasteiger partial charge in [-0.15, -0.1) is 0 Å². The fourth-order valence-corrected chi connectivity index (χ4v) is 3.32. The highest BCUT2D eigenvalue weighted by atomic mass is 79.9. The molecule has 118 valence electrons. The first-order valence-electron chi connectivity index (χ1n) is 6.62. The zero-order chi connectivity index (χ0) is 16.4. The number of halogens is 2. The summed E-state index contributed by atoms with van der Waals surface area (Å²) in [6.07, 6.45) is 0. The third-order valence-electron chi connectivity index (χ3n) is 3.30. The van der Waals surface area contributed by atoms with Gasteiger partial charge in [0.1, 0.15) is 0 Å². The Hall–Kier alpha value is -0.880. The lowest BCUT2D eigenvalue weighted by Gasteiger charge is -2.24. The minimum atomic E-state index is -3.77. The van der Waals surface area contributed by atoms with Gasteiger partial charge in [-0.3, -0.25) is 4.18 Å². The first kappa shape index (κ1) is 17.5. The van der Waals surface area contributed by atoms with Crippen molar-refractivity contribution in [3.63, 3.8) is 0 Å². The van der Waals surface area contributed by atoms with Gasteiger partial charge in [0.2, 0.25) is 0 Å². The first-order chi connectivity index (χ1) is 10.2. The Morgan fingerprint density at radius 1 is 1.05 bits per heavy atom. The van der Waals surface area contributed by atoms with Crippen molar-refractivity contribution in [2.24, 2.45) is 0 Å². The Balaban J connectivity index is 2.13. The number of hydrogen-bond donors (Lipinski definition) is 0. The monoisotopic (exact) mass is 402 g/mol. The van der Waals surface area contributed by atoms with E-state index in [-0.39, 0.29) is 11.5 Å². The van der Waals surface area contributed by atoms with E-state index < -0.39 is 15.5 Å². The Bertz CT molecular complexity index is 738. The van der Waals surface area contributed by atoms with E-state index in [0.717, 1.165) is 10.0 Å². The average Bonchev–Trinajstić information content (AvgIpc) is 2.46. The molecule has 0 unspecified atom stereocenters. The number of hydrogen-bond acceptors (Lipinski definition) is 3. The van der Waals surface area contributed by atoms with Crippen LogP contribution in [-0.4, -0.2) is 15.0 Å². The predicted octanol–water partition coefficient (Wildman–Crippen LogP) is 4.79. The summed E-state index contributed by atoms with van der Waals surface area (Å²) in [6.45, 7) is 3.90. The average molecular weight is 404 g/mol. The van der Waals surface area contributed by atoms with Crippen LogP contribution in [0.15, 0.2) is 57.9 Å². The van der Waals surface area contributed by atoms with Gasteiger partial charge in [-0.2, -0.15) is 8.42 Å². The highest BCUT2D eigenvalue weighted by molar-refractivity contribution is 9.10. The fourth-order valence-electron chi connectivity index (χ4n) is 1.88. The molecule has 0 bridgehead atoms. The van der Waals surface area contributed by atoms with Crippen molar-refractivity contribution in [1.29, 1.82) is 0 Å². The summed E-state index contributed by atoms with van der Waals surface area (Å²) in [5, 5.41) is 0.642. The van der Waals surface area contributed by atoms with Gasteiger partial charge in [0.15, 0.2) is 0 Å². The van der Waals surface area contributed by atoms with E-state index in [2.05, 4.69) is 15.9 Å². The number of benzene rings is 2. The maximum atomic E-state index is 12.2. The molecule has 0 amide bonds. The van der Waals surface area contributed by atoms with E-state index in [0.29, 0.717) is 5.02 Å². The van der Waals surface area contributed by atoms with Crippen LogP contribution < -0.4 is 0 Å². The summed E-state index contributed by atoms with van der Waals surface area (Å²) in [4.78, 5) is 0.141. The summed E-state index contributed by atoms with van der Waals surface area (Å²) in [5.74, 6) is 0. The van der Waals surface area contributed by atoms with Gasteiger partial charge in [-0.05, 0) is 42.0 Å². The molecule has 0 aliphatic rings. The van der Waals surface area contributed by atoms with Crippen LogP contribution in [0.2, 0.25) is 5.02 Å². The van der Waals surface area contributed by atoms with Gasteiger partial charge in [0.05, 0.1) is 11.5 Å². The molecule has 0 aliphatic carbocycles. The van der Waals surface area contributed by atoms with Crippen LogP contribution in [0.25, 0.3) is 0 Å². The van der Waals surface area contributed by atoms with Gasteiger partial charge in [0, 0.05) is 14.9 Å². The van der Waals surface area contributed by atoms with Crippen LogP contribution in [0.1, 0.15) is 19.4 Å². The minimum Gasteiger partial charge on any atom is -0.265 e. The molecule has 0 saturated heterocycles. The summed E-state index contributed by atoms with van der Waals surface area (Å²) < 4.78 is 30.5. The fraction of sp³-hybridized carbons (Fsp3) is 0.250. The molecular weight excluding hydrogens is 388 g/mol. The lowest BCUT2D eigenvalue weighted by atomic mass is 9.86. The maximum Gasteiger partial charge on any atom is 0.297 e. The van der Waals surface area contributed by atoms with E-state index in [4.69, 9.17) is 15.8 Å². The molecule has 0 heterocycles. The molecule has 3 nitrogen and oxygen atoms in total. The van der Waals surface area contributed by atoms with Crippen LogP contribution in [0.3, 0.4) is 0 Å². The zero-order valence-corrected chi connectivity index (χ0v) is 15.4. The molecule has 2 rings (SSSR count). The summed E-state index contributed by atoms with van der Waals surface area (Å²) in [6, 6.07) is 13.7. The summed E-state index contributed by atoms with van der Waals surface area (Å²) >= 11 is 9.15. The molecule has 0 fully saturated rings. The quantitative estimate of drug-likeness (QED) is 0.674. The van der Waals surface area contributed by atoms with Gasteiger partial charge >= 0.3 is 0 Å². The Morgan fingerprint density at radius 3 is 2.14 bits per heavy atom. The van der Waals surface area contributed by atoms with Crippen LogP contribution in [0, 0.1) is 0 Å². The van der Waals surface area contributed by atoms with Crippen molar-refractivity contribution < 1.29 is 12.6 Å². The van der Waals surface area contributed by atoms with Crippen molar-refractivity contribution in [3.05, 3.63) is 63.6 Å². The van der Waals surface area contributed by atoms with Gasteiger partial charge in [0.25, 0.3) is 10.1 Å². The molecule has 0 saturated carbocycles. The highest BCUT2D eigenvalue weighted by Gasteiger charge is 2.25. The topological polar surface area (TPSA) is 43.4 Å². The van der Waals surface area contributed by atoms with Gasteiger partial charge < -0.3 is 0 Å². The zero-order valence-electron chi connectivity index (χ0n) is 12.2. The molecule has 0 spiro atoms. The molecule has 2 aromatic carbocycles. The van der Waals surface area contributed by atoms with Crippen LogP contribution in [-0.2, 0) is 19.7 Å². The third kappa shape index (κ3) is 4.32. The first-order valence-corrected chi connectivity index (χ1v) is 9.20. The van der Waals surface area contributed by atoms with E-state index in [1.54, 1.807) is 24.3 Å². The molecule has 0 aliphatic heterocycles. The molecule has 0 atom stereocenters. The summed E-state index contributed by atoms with van der Waals surface area (Å²) in [5.41, 5.74) is 0.510. The molecule has 22 heavy (non-hydrogen) atoms. The highest BCUT2D eigenvalue weighted by Crippen LogP contribution is 2.27. The van der Waals surface area contributed by atoms with E-state index in [1.165, 1.54) is 12.1 Å². The van der Waals surface area contributed by atoms with E-state index in [1.807, 2.05) is 26.0 Å². The largest absolute Gasteiger partial charge is 0.297 e. The van der Waals surface area contributed by atoms with E-state index in [9.17, 15) is 8.42 Å². The molecule has 0 aromatic heterocycles. The van der Waals surface area contributed by atoms with Crippen molar-refractivity contribution in [2.75, 3.05) is 6.61 Å². The van der Waals surface area contributed by atoms with Crippen molar-refractivity contribution in [3.8, 4) is 0 Å².